The third-order valence-corrected chi connectivity index (χ3v) is 4.12. The van der Waals surface area contributed by atoms with Gasteiger partial charge < -0.3 is 10.1 Å². The van der Waals surface area contributed by atoms with Crippen LogP contribution in [0.15, 0.2) is 47.3 Å². The van der Waals surface area contributed by atoms with E-state index in [0.29, 0.717) is 0 Å². The van der Waals surface area contributed by atoms with Crippen molar-refractivity contribution in [3.63, 3.8) is 0 Å². The van der Waals surface area contributed by atoms with Gasteiger partial charge in [0.2, 0.25) is 0 Å². The van der Waals surface area contributed by atoms with E-state index in [1.54, 1.807) is 18.4 Å². The molecule has 1 N–H and O–H groups in total. The summed E-state index contributed by atoms with van der Waals surface area (Å²) in [4.78, 5) is 4.28. The molecule has 0 saturated heterocycles. The van der Waals surface area contributed by atoms with Crippen LogP contribution in [0.1, 0.15) is 11.3 Å². The summed E-state index contributed by atoms with van der Waals surface area (Å²) in [5, 5.41) is 8.02. The van der Waals surface area contributed by atoms with Crippen molar-refractivity contribution >= 4 is 22.1 Å². The Bertz CT molecular complexity index is 710. The topological polar surface area (TPSA) is 34.1 Å². The van der Waals surface area contributed by atoms with Crippen molar-refractivity contribution in [3.8, 4) is 5.75 Å². The normalized spacial score (nSPS) is 10.9. The van der Waals surface area contributed by atoms with E-state index in [4.69, 9.17) is 4.74 Å². The first kappa shape index (κ1) is 14.0. The van der Waals surface area contributed by atoms with Gasteiger partial charge in [-0.1, -0.05) is 18.2 Å². The second-order valence-corrected chi connectivity index (χ2v) is 5.67. The number of benzene rings is 2. The monoisotopic (exact) mass is 298 g/mol. The standard InChI is InChI=1S/C17H18N2OS/c1-20-17-5-4-14-8-13(2-3-15(14)9-17)10-18-7-6-16-11-21-12-19-16/h2-5,8-9,11-12,18H,6-7,10H2,1H3. The minimum Gasteiger partial charge on any atom is -0.497 e. The summed E-state index contributed by atoms with van der Waals surface area (Å²) in [6.07, 6.45) is 0.980. The molecule has 2 aromatic carbocycles. The van der Waals surface area contributed by atoms with Gasteiger partial charge in [0.25, 0.3) is 0 Å². The zero-order valence-corrected chi connectivity index (χ0v) is 12.8. The molecule has 3 rings (SSSR count). The number of ether oxygens (including phenoxy) is 1. The van der Waals surface area contributed by atoms with Crippen molar-refractivity contribution in [1.29, 1.82) is 0 Å². The fourth-order valence-corrected chi connectivity index (χ4v) is 2.91. The summed E-state index contributed by atoms with van der Waals surface area (Å²) in [5.74, 6) is 0.900. The molecule has 0 radical (unpaired) electrons. The SMILES string of the molecule is COc1ccc2cc(CNCCc3cscn3)ccc2c1. The van der Waals surface area contributed by atoms with Crippen LogP contribution < -0.4 is 10.1 Å². The summed E-state index contributed by atoms with van der Waals surface area (Å²) >= 11 is 1.65. The molecule has 0 amide bonds. The van der Waals surface area contributed by atoms with Crippen molar-refractivity contribution in [2.24, 2.45) is 0 Å². The van der Waals surface area contributed by atoms with Crippen molar-refractivity contribution in [2.75, 3.05) is 13.7 Å². The Balaban J connectivity index is 1.59. The largest absolute Gasteiger partial charge is 0.497 e. The maximum absolute atomic E-state index is 5.25. The smallest absolute Gasteiger partial charge is 0.119 e. The van der Waals surface area contributed by atoms with Gasteiger partial charge in [0, 0.05) is 24.9 Å². The van der Waals surface area contributed by atoms with Gasteiger partial charge in [0.05, 0.1) is 18.3 Å². The Labute approximate surface area is 128 Å². The highest BCUT2D eigenvalue weighted by atomic mass is 32.1. The molecule has 0 fully saturated rings. The van der Waals surface area contributed by atoms with Gasteiger partial charge in [0.1, 0.15) is 5.75 Å². The average molecular weight is 298 g/mol. The fraction of sp³-hybridized carbons (Fsp3) is 0.235. The van der Waals surface area contributed by atoms with Crippen molar-refractivity contribution < 1.29 is 4.74 Å². The lowest BCUT2D eigenvalue weighted by molar-refractivity contribution is 0.415. The van der Waals surface area contributed by atoms with E-state index >= 15 is 0 Å². The average Bonchev–Trinajstić information content (AvgIpc) is 3.04. The second-order valence-electron chi connectivity index (χ2n) is 4.95. The van der Waals surface area contributed by atoms with Crippen LogP contribution in [0.25, 0.3) is 10.8 Å². The minimum atomic E-state index is 0.881. The summed E-state index contributed by atoms with van der Waals surface area (Å²) in [6.45, 7) is 1.83. The van der Waals surface area contributed by atoms with E-state index in [1.165, 1.54) is 16.3 Å². The van der Waals surface area contributed by atoms with Crippen LogP contribution in [0.2, 0.25) is 0 Å². The van der Waals surface area contributed by atoms with Gasteiger partial charge in [0.15, 0.2) is 0 Å². The van der Waals surface area contributed by atoms with Crippen LogP contribution in [0.5, 0.6) is 5.75 Å². The number of rotatable bonds is 6. The number of nitrogens with zero attached hydrogens (tertiary/aromatic N) is 1. The zero-order chi connectivity index (χ0) is 14.5. The molecule has 3 aromatic rings. The molecule has 3 nitrogen and oxygen atoms in total. The Kier molecular flexibility index (Phi) is 4.48. The molecule has 0 bridgehead atoms. The number of methoxy groups -OCH3 is 1. The Morgan fingerprint density at radius 2 is 2.00 bits per heavy atom. The third kappa shape index (κ3) is 3.60. The zero-order valence-electron chi connectivity index (χ0n) is 12.0. The van der Waals surface area contributed by atoms with Crippen LogP contribution in [-0.4, -0.2) is 18.6 Å². The van der Waals surface area contributed by atoms with E-state index in [1.807, 2.05) is 11.6 Å². The van der Waals surface area contributed by atoms with Crippen molar-refractivity contribution in [1.82, 2.24) is 10.3 Å². The Morgan fingerprint density at radius 3 is 2.81 bits per heavy atom. The summed E-state index contributed by atoms with van der Waals surface area (Å²) in [5.41, 5.74) is 4.34. The quantitative estimate of drug-likeness (QED) is 0.706. The molecular formula is C17H18N2OS. The van der Waals surface area contributed by atoms with Gasteiger partial charge >= 0.3 is 0 Å². The van der Waals surface area contributed by atoms with Crippen LogP contribution in [0, 0.1) is 0 Å². The number of fused-ring (bicyclic) bond motifs is 1. The van der Waals surface area contributed by atoms with Gasteiger partial charge in [-0.15, -0.1) is 11.3 Å². The number of aromatic nitrogens is 1. The highest BCUT2D eigenvalue weighted by molar-refractivity contribution is 7.07. The molecule has 4 heteroatoms. The number of hydrogen-bond acceptors (Lipinski definition) is 4. The van der Waals surface area contributed by atoms with E-state index in [2.05, 4.69) is 46.0 Å². The Hall–Kier alpha value is -1.91. The van der Waals surface area contributed by atoms with E-state index in [-0.39, 0.29) is 0 Å². The summed E-state index contributed by atoms with van der Waals surface area (Å²) in [7, 11) is 1.70. The third-order valence-electron chi connectivity index (χ3n) is 3.48. The molecule has 0 aliphatic heterocycles. The predicted molar refractivity (Wildman–Crippen MR) is 88.0 cm³/mol. The lowest BCUT2D eigenvalue weighted by atomic mass is 10.1. The molecule has 0 spiro atoms. The van der Waals surface area contributed by atoms with E-state index in [9.17, 15) is 0 Å². The van der Waals surface area contributed by atoms with Gasteiger partial charge in [-0.3, -0.25) is 0 Å². The van der Waals surface area contributed by atoms with Gasteiger partial charge in [-0.2, -0.15) is 0 Å². The van der Waals surface area contributed by atoms with Gasteiger partial charge in [-0.05, 0) is 34.5 Å². The lowest BCUT2D eigenvalue weighted by Gasteiger charge is -2.07. The van der Waals surface area contributed by atoms with Crippen molar-refractivity contribution in [3.05, 3.63) is 58.5 Å². The Morgan fingerprint density at radius 1 is 1.14 bits per heavy atom. The summed E-state index contributed by atoms with van der Waals surface area (Å²) < 4.78 is 5.25. The second kappa shape index (κ2) is 6.70. The number of thiazole rings is 1. The fourth-order valence-electron chi connectivity index (χ4n) is 2.32. The van der Waals surface area contributed by atoms with Crippen molar-refractivity contribution in [2.45, 2.75) is 13.0 Å². The first-order valence-corrected chi connectivity index (χ1v) is 7.94. The molecule has 1 aromatic heterocycles. The molecule has 21 heavy (non-hydrogen) atoms. The summed E-state index contributed by atoms with van der Waals surface area (Å²) in [6, 6.07) is 12.7. The van der Waals surface area contributed by atoms with Gasteiger partial charge in [-0.25, -0.2) is 4.98 Å². The molecular weight excluding hydrogens is 280 g/mol. The predicted octanol–water partition coefficient (Wildman–Crippen LogP) is 3.64. The van der Waals surface area contributed by atoms with Crippen LogP contribution in [0.3, 0.4) is 0 Å². The maximum Gasteiger partial charge on any atom is 0.119 e. The molecule has 108 valence electrons. The molecule has 0 aliphatic rings. The highest BCUT2D eigenvalue weighted by Crippen LogP contribution is 2.21. The van der Waals surface area contributed by atoms with Crippen LogP contribution in [-0.2, 0) is 13.0 Å². The molecule has 1 heterocycles. The molecule has 0 aliphatic carbocycles. The van der Waals surface area contributed by atoms with E-state index in [0.717, 1.165) is 31.0 Å². The first-order valence-electron chi connectivity index (χ1n) is 6.99. The molecule has 0 atom stereocenters. The number of nitrogens with one attached hydrogen (secondary N) is 1. The van der Waals surface area contributed by atoms with Crippen LogP contribution >= 0.6 is 11.3 Å². The maximum atomic E-state index is 5.25. The lowest BCUT2D eigenvalue weighted by Crippen LogP contribution is -2.16. The van der Waals surface area contributed by atoms with E-state index < -0.39 is 0 Å². The van der Waals surface area contributed by atoms with Crippen LogP contribution in [0.4, 0.5) is 0 Å². The minimum absolute atomic E-state index is 0.881. The highest BCUT2D eigenvalue weighted by Gasteiger charge is 2.00. The molecule has 0 unspecified atom stereocenters. The number of hydrogen-bond donors (Lipinski definition) is 1. The molecule has 0 saturated carbocycles. The first-order chi connectivity index (χ1) is 10.3.